The molecule has 1 atom stereocenters. The molecule has 0 aromatic carbocycles. The fourth-order valence-corrected chi connectivity index (χ4v) is 1.45. The van der Waals surface area contributed by atoms with Crippen LogP contribution in [0.25, 0.3) is 0 Å². The summed E-state index contributed by atoms with van der Waals surface area (Å²) >= 11 is -2.36. The van der Waals surface area contributed by atoms with Crippen LogP contribution in [-0.2, 0) is 11.1 Å². The summed E-state index contributed by atoms with van der Waals surface area (Å²) in [6, 6.07) is 0. The van der Waals surface area contributed by atoms with Crippen LogP contribution < -0.4 is 29.6 Å². The molecule has 0 radical (unpaired) electrons. The van der Waals surface area contributed by atoms with Crippen LogP contribution >= 0.6 is 0 Å². The standard InChI is InChI=1S/C8H11NO4S.Na/c1-5-6(14(11)12)4-13-7(5)8(10)9(2)3;/h4H,1-3H3,(H,11,12);/q;+1/p-1. The molecule has 1 rings (SSSR count). The number of hydrogen-bond donors (Lipinski definition) is 0. The maximum Gasteiger partial charge on any atom is 1.00 e. The van der Waals surface area contributed by atoms with Crippen molar-refractivity contribution in [2.24, 2.45) is 0 Å². The number of carbonyl (C=O) groups is 1. The van der Waals surface area contributed by atoms with E-state index >= 15 is 0 Å². The minimum absolute atomic E-state index is 0. The largest absolute Gasteiger partial charge is 1.00 e. The summed E-state index contributed by atoms with van der Waals surface area (Å²) in [7, 11) is 3.14. The van der Waals surface area contributed by atoms with E-state index in [0.29, 0.717) is 5.56 Å². The summed E-state index contributed by atoms with van der Waals surface area (Å²) in [6.45, 7) is 1.53. The summed E-state index contributed by atoms with van der Waals surface area (Å²) in [5.41, 5.74) is 0.344. The van der Waals surface area contributed by atoms with Gasteiger partial charge in [-0.05, 0) is 18.0 Å². The Morgan fingerprint density at radius 1 is 1.53 bits per heavy atom. The van der Waals surface area contributed by atoms with E-state index in [1.165, 1.54) is 11.8 Å². The number of hydrogen-bond acceptors (Lipinski definition) is 4. The van der Waals surface area contributed by atoms with Gasteiger partial charge in [0.05, 0.1) is 4.90 Å². The van der Waals surface area contributed by atoms with Gasteiger partial charge in [0.2, 0.25) is 0 Å². The van der Waals surface area contributed by atoms with Crippen LogP contribution in [0.15, 0.2) is 15.6 Å². The summed E-state index contributed by atoms with van der Waals surface area (Å²) < 4.78 is 26.2. The zero-order chi connectivity index (χ0) is 10.9. The molecule has 0 spiro atoms. The second kappa shape index (κ2) is 5.81. The number of amides is 1. The fourth-order valence-electron chi connectivity index (χ4n) is 0.979. The minimum Gasteiger partial charge on any atom is -0.768 e. The van der Waals surface area contributed by atoms with Gasteiger partial charge in [-0.25, -0.2) is 0 Å². The van der Waals surface area contributed by atoms with E-state index in [1.54, 1.807) is 14.1 Å². The zero-order valence-corrected chi connectivity index (χ0v) is 11.9. The van der Waals surface area contributed by atoms with E-state index in [2.05, 4.69) is 0 Å². The second-order valence-corrected chi connectivity index (χ2v) is 3.90. The number of carbonyl (C=O) groups excluding carboxylic acids is 1. The van der Waals surface area contributed by atoms with Crippen LogP contribution in [0.1, 0.15) is 16.1 Å². The van der Waals surface area contributed by atoms with Crippen molar-refractivity contribution >= 4 is 17.0 Å². The Morgan fingerprint density at radius 3 is 2.40 bits per heavy atom. The van der Waals surface area contributed by atoms with Crippen molar-refractivity contribution in [1.29, 1.82) is 0 Å². The molecule has 7 heteroatoms. The molecule has 1 heterocycles. The van der Waals surface area contributed by atoms with E-state index < -0.39 is 11.1 Å². The zero-order valence-electron chi connectivity index (χ0n) is 9.07. The number of nitrogens with zero attached hydrogens (tertiary/aromatic N) is 1. The van der Waals surface area contributed by atoms with Crippen molar-refractivity contribution in [3.8, 4) is 0 Å². The molecule has 0 aliphatic carbocycles. The Kier molecular flexibility index (Phi) is 5.76. The van der Waals surface area contributed by atoms with Gasteiger partial charge < -0.3 is 13.9 Å². The van der Waals surface area contributed by atoms with Crippen molar-refractivity contribution in [3.63, 3.8) is 0 Å². The van der Waals surface area contributed by atoms with Crippen molar-refractivity contribution in [2.75, 3.05) is 14.1 Å². The molecule has 0 fully saturated rings. The fraction of sp³-hybridized carbons (Fsp3) is 0.375. The average molecular weight is 239 g/mol. The summed E-state index contributed by atoms with van der Waals surface area (Å²) in [5, 5.41) is 0. The quantitative estimate of drug-likeness (QED) is 0.423. The molecule has 5 nitrogen and oxygen atoms in total. The molecule has 1 unspecified atom stereocenters. The van der Waals surface area contributed by atoms with Gasteiger partial charge >= 0.3 is 29.6 Å². The van der Waals surface area contributed by atoms with Gasteiger partial charge in [-0.15, -0.1) is 0 Å². The van der Waals surface area contributed by atoms with Crippen LogP contribution in [0.2, 0.25) is 0 Å². The van der Waals surface area contributed by atoms with Crippen molar-refractivity contribution in [1.82, 2.24) is 4.90 Å². The van der Waals surface area contributed by atoms with Gasteiger partial charge in [-0.2, -0.15) is 0 Å². The van der Waals surface area contributed by atoms with E-state index in [0.717, 1.165) is 6.26 Å². The summed E-state index contributed by atoms with van der Waals surface area (Å²) in [5.74, 6) is -0.284. The minimum atomic E-state index is -2.36. The second-order valence-electron chi connectivity index (χ2n) is 2.99. The van der Waals surface area contributed by atoms with Crippen molar-refractivity contribution in [2.45, 2.75) is 11.8 Å². The van der Waals surface area contributed by atoms with Gasteiger partial charge in [0.1, 0.15) is 6.26 Å². The summed E-state index contributed by atoms with van der Waals surface area (Å²) in [4.78, 5) is 12.8. The molecule has 0 N–H and O–H groups in total. The van der Waals surface area contributed by atoms with Crippen LogP contribution in [0.4, 0.5) is 0 Å². The molecule has 0 aliphatic heterocycles. The molecular weight excluding hydrogens is 229 g/mol. The average Bonchev–Trinajstić information content (AvgIpc) is 2.45. The van der Waals surface area contributed by atoms with Gasteiger partial charge in [-0.3, -0.25) is 9.00 Å². The third kappa shape index (κ3) is 3.15. The Labute approximate surface area is 112 Å². The molecule has 0 saturated carbocycles. The van der Waals surface area contributed by atoms with E-state index in [4.69, 9.17) is 4.42 Å². The van der Waals surface area contributed by atoms with Gasteiger partial charge in [-0.1, -0.05) is 0 Å². The SMILES string of the molecule is Cc1c(S(=O)[O-])coc1C(=O)N(C)C.[Na+]. The van der Waals surface area contributed by atoms with Crippen molar-refractivity contribution in [3.05, 3.63) is 17.6 Å². The van der Waals surface area contributed by atoms with Crippen LogP contribution in [0.5, 0.6) is 0 Å². The first-order chi connectivity index (χ1) is 6.45. The van der Waals surface area contributed by atoms with E-state index in [1.807, 2.05) is 0 Å². The number of rotatable bonds is 2. The maximum atomic E-state index is 11.4. The topological polar surface area (TPSA) is 73.6 Å². The Bertz CT molecular complexity index is 388. The monoisotopic (exact) mass is 239 g/mol. The number of furan rings is 1. The molecule has 1 amide bonds. The maximum absolute atomic E-state index is 11.4. The van der Waals surface area contributed by atoms with Gasteiger partial charge in [0.15, 0.2) is 5.76 Å². The molecule has 1 aromatic heterocycles. The predicted molar refractivity (Wildman–Crippen MR) is 48.6 cm³/mol. The first kappa shape index (κ1) is 14.9. The Balaban J connectivity index is 0.00000196. The molecule has 78 valence electrons. The first-order valence-corrected chi connectivity index (χ1v) is 4.91. The smallest absolute Gasteiger partial charge is 0.768 e. The van der Waals surface area contributed by atoms with Crippen molar-refractivity contribution < 1.29 is 47.5 Å². The Morgan fingerprint density at radius 2 is 2.07 bits per heavy atom. The van der Waals surface area contributed by atoms with Crippen LogP contribution in [0.3, 0.4) is 0 Å². The molecule has 0 saturated heterocycles. The third-order valence-electron chi connectivity index (χ3n) is 1.77. The van der Waals surface area contributed by atoms with Gasteiger partial charge in [0, 0.05) is 19.7 Å². The molecule has 0 aliphatic rings. The third-order valence-corrected chi connectivity index (χ3v) is 2.54. The molecule has 15 heavy (non-hydrogen) atoms. The first-order valence-electron chi connectivity index (χ1n) is 3.84. The normalized spacial score (nSPS) is 11.7. The van der Waals surface area contributed by atoms with E-state index in [9.17, 15) is 13.6 Å². The van der Waals surface area contributed by atoms with E-state index in [-0.39, 0.29) is 46.1 Å². The van der Waals surface area contributed by atoms with Gasteiger partial charge in [0.25, 0.3) is 5.91 Å². The molecular formula is C8H10NNaO4S. The van der Waals surface area contributed by atoms with Crippen LogP contribution in [-0.4, -0.2) is 33.7 Å². The Hall–Kier alpha value is -0.140. The van der Waals surface area contributed by atoms with Crippen LogP contribution in [0, 0.1) is 6.92 Å². The summed E-state index contributed by atoms with van der Waals surface area (Å²) in [6.07, 6.45) is 1.06. The molecule has 0 bridgehead atoms. The predicted octanol–water partition coefficient (Wildman–Crippen LogP) is -2.47. The molecule has 1 aromatic rings.